The zero-order valence-electron chi connectivity index (χ0n) is 8.70. The van der Waals surface area contributed by atoms with Gasteiger partial charge in [0.05, 0.1) is 6.10 Å². The first kappa shape index (κ1) is 11.5. The summed E-state index contributed by atoms with van der Waals surface area (Å²) in [6.45, 7) is 4.32. The van der Waals surface area contributed by atoms with Crippen LogP contribution in [0.1, 0.15) is 38.4 Å². The molecule has 1 atom stereocenters. The number of rotatable bonds is 4. The summed E-state index contributed by atoms with van der Waals surface area (Å²) < 4.78 is 0. The molecule has 1 nitrogen and oxygen atoms in total. The molecule has 0 bridgehead atoms. The normalized spacial score (nSPS) is 13.2. The van der Waals surface area contributed by atoms with E-state index >= 15 is 0 Å². The minimum atomic E-state index is -0.352. The SMILES string of the molecule is CC(C)CC[C@@H](O)c1ccc(Cl)cc1. The minimum Gasteiger partial charge on any atom is -0.388 e. The van der Waals surface area contributed by atoms with Crippen molar-refractivity contribution in [3.8, 4) is 0 Å². The predicted molar refractivity (Wildman–Crippen MR) is 60.5 cm³/mol. The van der Waals surface area contributed by atoms with Crippen molar-refractivity contribution in [1.82, 2.24) is 0 Å². The van der Waals surface area contributed by atoms with E-state index in [1.54, 1.807) is 0 Å². The molecule has 1 aromatic carbocycles. The Kier molecular flexibility index (Phi) is 4.43. The Hall–Kier alpha value is -0.530. The van der Waals surface area contributed by atoms with E-state index in [0.717, 1.165) is 18.4 Å². The molecule has 0 aliphatic rings. The van der Waals surface area contributed by atoms with Crippen LogP contribution in [-0.4, -0.2) is 5.11 Å². The van der Waals surface area contributed by atoms with Gasteiger partial charge in [0.1, 0.15) is 0 Å². The molecule has 1 aromatic rings. The lowest BCUT2D eigenvalue weighted by Gasteiger charge is -2.12. The largest absolute Gasteiger partial charge is 0.388 e. The Morgan fingerprint density at radius 1 is 1.14 bits per heavy atom. The highest BCUT2D eigenvalue weighted by molar-refractivity contribution is 6.30. The summed E-state index contributed by atoms with van der Waals surface area (Å²) in [7, 11) is 0. The Morgan fingerprint density at radius 3 is 2.21 bits per heavy atom. The second-order valence-electron chi connectivity index (χ2n) is 4.04. The molecule has 1 rings (SSSR count). The Labute approximate surface area is 90.7 Å². The molecule has 0 spiro atoms. The van der Waals surface area contributed by atoms with E-state index in [4.69, 9.17) is 11.6 Å². The second kappa shape index (κ2) is 5.38. The highest BCUT2D eigenvalue weighted by Gasteiger charge is 2.07. The fourth-order valence-corrected chi connectivity index (χ4v) is 1.47. The summed E-state index contributed by atoms with van der Waals surface area (Å²) in [5.41, 5.74) is 0.954. The third-order valence-corrected chi connectivity index (χ3v) is 2.52. The summed E-state index contributed by atoms with van der Waals surface area (Å²) in [4.78, 5) is 0. The molecule has 1 N–H and O–H groups in total. The van der Waals surface area contributed by atoms with Crippen LogP contribution in [0.25, 0.3) is 0 Å². The summed E-state index contributed by atoms with van der Waals surface area (Å²) in [5.74, 6) is 0.636. The van der Waals surface area contributed by atoms with Crippen LogP contribution in [0, 0.1) is 5.92 Å². The molecule has 0 aromatic heterocycles. The molecule has 78 valence electrons. The van der Waals surface area contributed by atoms with Crippen molar-refractivity contribution in [2.24, 2.45) is 5.92 Å². The van der Waals surface area contributed by atoms with E-state index in [-0.39, 0.29) is 6.10 Å². The van der Waals surface area contributed by atoms with Crippen molar-refractivity contribution >= 4 is 11.6 Å². The van der Waals surface area contributed by atoms with Crippen LogP contribution in [0.5, 0.6) is 0 Å². The van der Waals surface area contributed by atoms with Gasteiger partial charge in [0, 0.05) is 5.02 Å². The summed E-state index contributed by atoms with van der Waals surface area (Å²) in [5, 5.41) is 10.5. The molecule has 0 unspecified atom stereocenters. The number of aliphatic hydroxyl groups is 1. The van der Waals surface area contributed by atoms with Gasteiger partial charge in [0.25, 0.3) is 0 Å². The summed E-state index contributed by atoms with van der Waals surface area (Å²) in [6, 6.07) is 7.39. The van der Waals surface area contributed by atoms with Crippen molar-refractivity contribution < 1.29 is 5.11 Å². The second-order valence-corrected chi connectivity index (χ2v) is 4.47. The van der Waals surface area contributed by atoms with Crippen molar-refractivity contribution in [2.75, 3.05) is 0 Å². The van der Waals surface area contributed by atoms with Crippen LogP contribution >= 0.6 is 11.6 Å². The first-order valence-electron chi connectivity index (χ1n) is 5.03. The van der Waals surface area contributed by atoms with Crippen molar-refractivity contribution in [1.29, 1.82) is 0 Å². The van der Waals surface area contributed by atoms with Crippen LogP contribution in [0.2, 0.25) is 5.02 Å². The molecule has 0 aliphatic heterocycles. The Balaban J connectivity index is 2.52. The highest BCUT2D eigenvalue weighted by atomic mass is 35.5. The molecule has 0 heterocycles. The van der Waals surface area contributed by atoms with E-state index in [1.165, 1.54) is 0 Å². The Morgan fingerprint density at radius 2 is 1.71 bits per heavy atom. The first-order chi connectivity index (χ1) is 6.59. The fraction of sp³-hybridized carbons (Fsp3) is 0.500. The standard InChI is InChI=1S/C12H17ClO/c1-9(2)3-8-12(14)10-4-6-11(13)7-5-10/h4-7,9,12,14H,3,8H2,1-2H3/t12-/m1/s1. The van der Waals surface area contributed by atoms with Gasteiger partial charge in [-0.2, -0.15) is 0 Å². The van der Waals surface area contributed by atoms with Gasteiger partial charge in [-0.1, -0.05) is 37.6 Å². The van der Waals surface area contributed by atoms with Gasteiger partial charge in [-0.25, -0.2) is 0 Å². The van der Waals surface area contributed by atoms with E-state index in [2.05, 4.69) is 13.8 Å². The highest BCUT2D eigenvalue weighted by Crippen LogP contribution is 2.22. The lowest BCUT2D eigenvalue weighted by Crippen LogP contribution is -1.99. The number of hydrogen-bond donors (Lipinski definition) is 1. The number of hydrogen-bond acceptors (Lipinski definition) is 1. The molecular formula is C12H17ClO. The van der Waals surface area contributed by atoms with Gasteiger partial charge in [-0.15, -0.1) is 0 Å². The van der Waals surface area contributed by atoms with E-state index in [0.29, 0.717) is 10.9 Å². The van der Waals surface area contributed by atoms with Gasteiger partial charge in [-0.3, -0.25) is 0 Å². The molecular weight excluding hydrogens is 196 g/mol. The zero-order valence-corrected chi connectivity index (χ0v) is 9.46. The smallest absolute Gasteiger partial charge is 0.0790 e. The van der Waals surface area contributed by atoms with Crippen LogP contribution in [0.15, 0.2) is 24.3 Å². The van der Waals surface area contributed by atoms with Crippen molar-refractivity contribution in [3.05, 3.63) is 34.9 Å². The molecule has 0 aliphatic carbocycles. The van der Waals surface area contributed by atoms with Crippen LogP contribution in [0.4, 0.5) is 0 Å². The Bertz CT molecular complexity index is 266. The molecule has 0 amide bonds. The lowest BCUT2D eigenvalue weighted by molar-refractivity contribution is 0.159. The van der Waals surface area contributed by atoms with Gasteiger partial charge < -0.3 is 5.11 Å². The average molecular weight is 213 g/mol. The molecule has 0 saturated heterocycles. The quantitative estimate of drug-likeness (QED) is 0.805. The first-order valence-corrected chi connectivity index (χ1v) is 5.41. The minimum absolute atomic E-state index is 0.352. The molecule has 0 saturated carbocycles. The van der Waals surface area contributed by atoms with Gasteiger partial charge in [0.2, 0.25) is 0 Å². The predicted octanol–water partition coefficient (Wildman–Crippen LogP) is 3.81. The number of halogens is 1. The lowest BCUT2D eigenvalue weighted by atomic mass is 10.0. The zero-order chi connectivity index (χ0) is 10.6. The maximum absolute atomic E-state index is 9.82. The van der Waals surface area contributed by atoms with Crippen molar-refractivity contribution in [2.45, 2.75) is 32.8 Å². The average Bonchev–Trinajstić information content (AvgIpc) is 2.15. The van der Waals surface area contributed by atoms with Crippen molar-refractivity contribution in [3.63, 3.8) is 0 Å². The maximum Gasteiger partial charge on any atom is 0.0790 e. The van der Waals surface area contributed by atoms with Gasteiger partial charge >= 0.3 is 0 Å². The van der Waals surface area contributed by atoms with Crippen LogP contribution in [0.3, 0.4) is 0 Å². The topological polar surface area (TPSA) is 20.2 Å². The summed E-state index contributed by atoms with van der Waals surface area (Å²) >= 11 is 5.76. The number of benzene rings is 1. The monoisotopic (exact) mass is 212 g/mol. The molecule has 14 heavy (non-hydrogen) atoms. The third-order valence-electron chi connectivity index (χ3n) is 2.27. The van der Waals surface area contributed by atoms with E-state index < -0.39 is 0 Å². The fourth-order valence-electron chi connectivity index (χ4n) is 1.34. The van der Waals surface area contributed by atoms with E-state index in [1.807, 2.05) is 24.3 Å². The number of aliphatic hydroxyl groups excluding tert-OH is 1. The molecule has 0 radical (unpaired) electrons. The summed E-state index contributed by atoms with van der Waals surface area (Å²) in [6.07, 6.45) is 1.51. The van der Waals surface area contributed by atoms with Gasteiger partial charge in [0.15, 0.2) is 0 Å². The van der Waals surface area contributed by atoms with Gasteiger partial charge in [-0.05, 0) is 36.5 Å². The van der Waals surface area contributed by atoms with Crippen LogP contribution < -0.4 is 0 Å². The third kappa shape index (κ3) is 3.69. The van der Waals surface area contributed by atoms with Crippen LogP contribution in [-0.2, 0) is 0 Å². The molecule has 0 fully saturated rings. The maximum atomic E-state index is 9.82. The van der Waals surface area contributed by atoms with E-state index in [9.17, 15) is 5.11 Å². The molecule has 2 heteroatoms.